The van der Waals surface area contributed by atoms with Gasteiger partial charge in [-0.05, 0) is 57.0 Å². The summed E-state index contributed by atoms with van der Waals surface area (Å²) in [6, 6.07) is 0. The lowest BCUT2D eigenvalue weighted by Crippen LogP contribution is -2.48. The van der Waals surface area contributed by atoms with E-state index in [1.54, 1.807) is 4.31 Å². The van der Waals surface area contributed by atoms with Crippen LogP contribution in [0, 0.1) is 17.8 Å². The van der Waals surface area contributed by atoms with Crippen LogP contribution in [0.3, 0.4) is 0 Å². The van der Waals surface area contributed by atoms with Gasteiger partial charge in [-0.25, -0.2) is 4.72 Å². The Bertz CT molecular complexity index is 379. The molecule has 112 valence electrons. The van der Waals surface area contributed by atoms with E-state index >= 15 is 0 Å². The van der Waals surface area contributed by atoms with Crippen LogP contribution >= 0.6 is 0 Å². The summed E-state index contributed by atoms with van der Waals surface area (Å²) in [6.07, 6.45) is 4.60. The molecule has 19 heavy (non-hydrogen) atoms. The Morgan fingerprint density at radius 2 is 2.05 bits per heavy atom. The van der Waals surface area contributed by atoms with Crippen molar-refractivity contribution < 1.29 is 8.42 Å². The lowest BCUT2D eigenvalue weighted by Gasteiger charge is -2.32. The highest BCUT2D eigenvalue weighted by molar-refractivity contribution is 7.87. The molecule has 1 saturated carbocycles. The number of piperidine rings is 1. The molecule has 0 radical (unpaired) electrons. The van der Waals surface area contributed by atoms with E-state index in [-0.39, 0.29) is 0 Å². The molecule has 2 atom stereocenters. The Balaban J connectivity index is 1.83. The molecule has 2 rings (SSSR count). The minimum absolute atomic E-state index is 0.441. The van der Waals surface area contributed by atoms with Gasteiger partial charge in [0.05, 0.1) is 0 Å². The molecule has 6 heteroatoms. The molecule has 1 aliphatic carbocycles. The summed E-state index contributed by atoms with van der Waals surface area (Å²) < 4.78 is 29.0. The fourth-order valence-corrected chi connectivity index (χ4v) is 4.29. The van der Waals surface area contributed by atoms with Gasteiger partial charge in [-0.2, -0.15) is 12.7 Å². The van der Waals surface area contributed by atoms with E-state index in [2.05, 4.69) is 17.0 Å². The fourth-order valence-electron chi connectivity index (χ4n) is 2.86. The van der Waals surface area contributed by atoms with Gasteiger partial charge in [0.2, 0.25) is 0 Å². The molecule has 0 bridgehead atoms. The topological polar surface area (TPSA) is 61.4 Å². The summed E-state index contributed by atoms with van der Waals surface area (Å²) in [5.41, 5.74) is 0. The second kappa shape index (κ2) is 6.52. The predicted octanol–water partition coefficient (Wildman–Crippen LogP) is 0.798. The maximum absolute atomic E-state index is 12.3. The summed E-state index contributed by atoms with van der Waals surface area (Å²) in [5, 5.41) is 3.14. The van der Waals surface area contributed by atoms with Crippen LogP contribution in [0.4, 0.5) is 0 Å². The highest BCUT2D eigenvalue weighted by atomic mass is 32.2. The zero-order valence-corrected chi connectivity index (χ0v) is 12.9. The Morgan fingerprint density at radius 3 is 2.68 bits per heavy atom. The van der Waals surface area contributed by atoms with Crippen LogP contribution in [0.25, 0.3) is 0 Å². The Hall–Kier alpha value is -0.170. The third kappa shape index (κ3) is 4.41. The van der Waals surface area contributed by atoms with Crippen molar-refractivity contribution >= 4 is 10.2 Å². The van der Waals surface area contributed by atoms with Gasteiger partial charge in [0.15, 0.2) is 0 Å². The molecule has 2 fully saturated rings. The quantitative estimate of drug-likeness (QED) is 0.729. The highest BCUT2D eigenvalue weighted by Gasteiger charge is 2.31. The predicted molar refractivity (Wildman–Crippen MR) is 77.0 cm³/mol. The first-order valence-corrected chi connectivity index (χ1v) is 8.86. The summed E-state index contributed by atoms with van der Waals surface area (Å²) in [6.45, 7) is 4.92. The minimum atomic E-state index is -3.28. The maximum Gasteiger partial charge on any atom is 0.279 e. The van der Waals surface area contributed by atoms with Gasteiger partial charge in [0.1, 0.15) is 0 Å². The van der Waals surface area contributed by atoms with Crippen LogP contribution < -0.4 is 10.0 Å². The van der Waals surface area contributed by atoms with Gasteiger partial charge in [0.25, 0.3) is 10.2 Å². The molecule has 0 aromatic carbocycles. The highest BCUT2D eigenvalue weighted by Crippen LogP contribution is 2.36. The van der Waals surface area contributed by atoms with Gasteiger partial charge in [-0.15, -0.1) is 0 Å². The number of rotatable bonds is 7. The van der Waals surface area contributed by atoms with E-state index < -0.39 is 10.2 Å². The van der Waals surface area contributed by atoms with Crippen molar-refractivity contribution in [1.82, 2.24) is 14.3 Å². The fraction of sp³-hybridized carbons (Fsp3) is 1.00. The monoisotopic (exact) mass is 289 g/mol. The van der Waals surface area contributed by atoms with Crippen LogP contribution in [0.2, 0.25) is 0 Å². The van der Waals surface area contributed by atoms with Crippen LogP contribution in [-0.4, -0.2) is 45.9 Å². The van der Waals surface area contributed by atoms with Crippen molar-refractivity contribution in [2.24, 2.45) is 17.8 Å². The number of hydrogen-bond acceptors (Lipinski definition) is 3. The summed E-state index contributed by atoms with van der Waals surface area (Å²) >= 11 is 0. The molecule has 0 aromatic rings. The molecule has 0 aromatic heterocycles. The smallest absolute Gasteiger partial charge is 0.279 e. The van der Waals surface area contributed by atoms with Gasteiger partial charge >= 0.3 is 0 Å². The first-order chi connectivity index (χ1) is 9.03. The second-order valence-electron chi connectivity index (χ2n) is 6.09. The molecule has 2 N–H and O–H groups in total. The lowest BCUT2D eigenvalue weighted by molar-refractivity contribution is 0.260. The molecule has 1 heterocycles. The van der Waals surface area contributed by atoms with Crippen molar-refractivity contribution in [3.05, 3.63) is 0 Å². The van der Waals surface area contributed by atoms with Crippen LogP contribution in [-0.2, 0) is 10.2 Å². The van der Waals surface area contributed by atoms with Gasteiger partial charge in [0, 0.05) is 19.6 Å². The molecule has 1 aliphatic heterocycles. The van der Waals surface area contributed by atoms with Crippen LogP contribution in [0.5, 0.6) is 0 Å². The average molecular weight is 289 g/mol. The molecule has 1 saturated heterocycles. The van der Waals surface area contributed by atoms with Gasteiger partial charge in [-0.1, -0.05) is 6.92 Å². The van der Waals surface area contributed by atoms with Crippen molar-refractivity contribution in [1.29, 1.82) is 0 Å². The Kier molecular flexibility index (Phi) is 5.22. The van der Waals surface area contributed by atoms with Crippen LogP contribution in [0.15, 0.2) is 0 Å². The zero-order valence-electron chi connectivity index (χ0n) is 12.1. The number of nitrogens with one attached hydrogen (secondary N) is 2. The molecular formula is C13H27N3O2S. The first kappa shape index (κ1) is 15.2. The van der Waals surface area contributed by atoms with Crippen LogP contribution in [0.1, 0.15) is 32.6 Å². The minimum Gasteiger partial charge on any atom is -0.319 e. The van der Waals surface area contributed by atoms with Crippen molar-refractivity contribution in [3.8, 4) is 0 Å². The van der Waals surface area contributed by atoms with Crippen molar-refractivity contribution in [2.75, 3.05) is 33.2 Å². The molecule has 0 spiro atoms. The van der Waals surface area contributed by atoms with E-state index in [4.69, 9.17) is 0 Å². The Morgan fingerprint density at radius 1 is 1.32 bits per heavy atom. The van der Waals surface area contributed by atoms with E-state index in [1.807, 2.05) is 7.05 Å². The summed E-state index contributed by atoms with van der Waals surface area (Å²) in [7, 11) is -1.36. The second-order valence-corrected chi connectivity index (χ2v) is 7.85. The van der Waals surface area contributed by atoms with Crippen molar-refractivity contribution in [2.45, 2.75) is 32.6 Å². The Labute approximate surface area is 117 Å². The molecule has 5 nitrogen and oxygen atoms in total. The zero-order chi connectivity index (χ0) is 13.9. The molecule has 2 unspecified atom stereocenters. The standard InChI is InChI=1S/C13H27N3O2S/c1-11(13-5-6-13)8-15-19(17,18)16-7-3-4-12(10-16)9-14-2/h11-15H,3-10H2,1-2H3. The van der Waals surface area contributed by atoms with Gasteiger partial charge < -0.3 is 5.32 Å². The molecule has 2 aliphatic rings. The normalized spacial score (nSPS) is 27.4. The maximum atomic E-state index is 12.3. The number of hydrogen-bond donors (Lipinski definition) is 2. The van der Waals surface area contributed by atoms with E-state index in [9.17, 15) is 8.42 Å². The van der Waals surface area contributed by atoms with Crippen molar-refractivity contribution in [3.63, 3.8) is 0 Å². The third-order valence-corrected chi connectivity index (χ3v) is 5.87. The average Bonchev–Trinajstić information content (AvgIpc) is 3.21. The SMILES string of the molecule is CNCC1CCCN(S(=O)(=O)NCC(C)C2CC2)C1. The first-order valence-electron chi connectivity index (χ1n) is 7.42. The molecular weight excluding hydrogens is 262 g/mol. The summed E-state index contributed by atoms with van der Waals surface area (Å²) in [5.74, 6) is 1.64. The van der Waals surface area contributed by atoms with E-state index in [0.717, 1.165) is 25.3 Å². The van der Waals surface area contributed by atoms with E-state index in [1.165, 1.54) is 12.8 Å². The van der Waals surface area contributed by atoms with Gasteiger partial charge in [-0.3, -0.25) is 0 Å². The lowest BCUT2D eigenvalue weighted by atomic mass is 10.00. The third-order valence-electron chi connectivity index (χ3n) is 4.33. The molecule has 0 amide bonds. The summed E-state index contributed by atoms with van der Waals surface area (Å²) in [4.78, 5) is 0. The number of nitrogens with zero attached hydrogens (tertiary/aromatic N) is 1. The largest absolute Gasteiger partial charge is 0.319 e. The van der Waals surface area contributed by atoms with E-state index in [0.29, 0.717) is 31.5 Å².